The molecule has 0 radical (unpaired) electrons. The van der Waals surface area contributed by atoms with E-state index in [1.54, 1.807) is 12.1 Å². The highest BCUT2D eigenvalue weighted by atomic mass is 32.2. The van der Waals surface area contributed by atoms with Crippen LogP contribution in [0.1, 0.15) is 31.4 Å². The van der Waals surface area contributed by atoms with Gasteiger partial charge >= 0.3 is 0 Å². The van der Waals surface area contributed by atoms with Crippen LogP contribution in [0.3, 0.4) is 0 Å². The molecule has 0 saturated heterocycles. The van der Waals surface area contributed by atoms with Crippen molar-refractivity contribution in [3.63, 3.8) is 0 Å². The normalized spacial score (nSPS) is 11.9. The number of benzene rings is 3. The van der Waals surface area contributed by atoms with Crippen LogP contribution in [0.25, 0.3) is 43.6 Å². The molecule has 3 aromatic carbocycles. The van der Waals surface area contributed by atoms with Crippen molar-refractivity contribution in [2.45, 2.75) is 34.1 Å². The van der Waals surface area contributed by atoms with Gasteiger partial charge < -0.3 is 14.9 Å². The number of sulfonamides is 1. The van der Waals surface area contributed by atoms with Crippen molar-refractivity contribution >= 4 is 53.6 Å². The lowest BCUT2D eigenvalue weighted by Gasteiger charge is -2.17. The summed E-state index contributed by atoms with van der Waals surface area (Å²) >= 11 is 0. The van der Waals surface area contributed by atoms with E-state index in [4.69, 9.17) is 0 Å². The first-order valence-corrected chi connectivity index (χ1v) is 15.1. The van der Waals surface area contributed by atoms with Gasteiger partial charge in [0.05, 0.1) is 17.3 Å². The number of fused-ring (bicyclic) bond motifs is 4. The Kier molecular flexibility index (Phi) is 8.54. The molecule has 0 saturated carbocycles. The number of hydrogen-bond acceptors (Lipinski definition) is 5. The molecule has 0 fully saturated rings. The average Bonchev–Trinajstić information content (AvgIpc) is 2.89. The molecule has 0 spiro atoms. The summed E-state index contributed by atoms with van der Waals surface area (Å²) < 4.78 is 23.9. The summed E-state index contributed by atoms with van der Waals surface area (Å²) in [4.78, 5) is 34.8. The Morgan fingerprint density at radius 2 is 1.15 bits per heavy atom. The van der Waals surface area contributed by atoms with E-state index in [2.05, 4.69) is 33.4 Å². The number of aromatic nitrogens is 2. The number of pyridine rings is 2. The quantitative estimate of drug-likeness (QED) is 0.204. The van der Waals surface area contributed by atoms with Gasteiger partial charge in [0.15, 0.2) is 10.9 Å². The zero-order valence-electron chi connectivity index (χ0n) is 23.1. The Hall–Kier alpha value is -3.53. The Labute approximate surface area is 228 Å². The van der Waals surface area contributed by atoms with E-state index in [1.807, 2.05) is 50.2 Å². The molecule has 9 heteroatoms. The second kappa shape index (κ2) is 11.7. The molecule has 8 nitrogen and oxygen atoms in total. The van der Waals surface area contributed by atoms with Crippen LogP contribution in [0.4, 0.5) is 0 Å². The van der Waals surface area contributed by atoms with Crippen LogP contribution in [-0.4, -0.2) is 55.7 Å². The summed E-state index contributed by atoms with van der Waals surface area (Å²) in [6.45, 7) is 11.7. The van der Waals surface area contributed by atoms with Gasteiger partial charge in [-0.2, -0.15) is 0 Å². The largest absolute Gasteiger partial charge is 0.354 e. The number of nitrogens with one attached hydrogen (secondary N) is 3. The first-order valence-electron chi connectivity index (χ1n) is 13.2. The van der Waals surface area contributed by atoms with Crippen molar-refractivity contribution in [3.05, 3.63) is 80.1 Å². The molecule has 2 heterocycles. The minimum Gasteiger partial charge on any atom is -0.354 e. The molecule has 2 aromatic heterocycles. The number of aryl methyl sites for hydroxylation is 2. The number of rotatable bonds is 7. The molecule has 0 aliphatic carbocycles. The van der Waals surface area contributed by atoms with E-state index < -0.39 is 10.0 Å². The first-order chi connectivity index (χ1) is 18.5. The molecule has 0 amide bonds. The van der Waals surface area contributed by atoms with Crippen molar-refractivity contribution in [3.8, 4) is 0 Å². The van der Waals surface area contributed by atoms with E-state index >= 15 is 0 Å². The predicted molar refractivity (Wildman–Crippen MR) is 162 cm³/mol. The van der Waals surface area contributed by atoms with Crippen molar-refractivity contribution in [1.29, 1.82) is 0 Å². The summed E-state index contributed by atoms with van der Waals surface area (Å²) in [6, 6.07) is 15.1. The molecular formula is C30H36N4O4S. The molecule has 39 heavy (non-hydrogen) atoms. The van der Waals surface area contributed by atoms with E-state index in [0.717, 1.165) is 48.2 Å². The fraction of sp³-hybridized carbons (Fsp3) is 0.333. The zero-order valence-corrected chi connectivity index (χ0v) is 24.0. The standard InChI is InChI=1S/C22H16N2O2.C8H20N2O2S/c1-11-3-5-17-13(7-11)21(25)15-9-20-16(10-19(15)23-17)22(26)14-8-12(2)4-6-18(14)24-20;1-4-10(5-2)8-6-7-9-13(3,11)12/h3-10H,1-2H3,(H,23,25)(H,24,26);9H,4-8H2,1-3H3. The molecule has 206 valence electrons. The van der Waals surface area contributed by atoms with Gasteiger partial charge in [-0.25, -0.2) is 13.1 Å². The van der Waals surface area contributed by atoms with Gasteiger partial charge in [-0.05, 0) is 76.3 Å². The highest BCUT2D eigenvalue weighted by Gasteiger charge is 2.11. The van der Waals surface area contributed by atoms with Crippen molar-refractivity contribution < 1.29 is 8.42 Å². The van der Waals surface area contributed by atoms with Crippen LogP contribution in [-0.2, 0) is 10.0 Å². The van der Waals surface area contributed by atoms with Gasteiger partial charge in [-0.15, -0.1) is 0 Å². The van der Waals surface area contributed by atoms with Gasteiger partial charge in [0, 0.05) is 39.1 Å². The van der Waals surface area contributed by atoms with Gasteiger partial charge in [0.25, 0.3) is 0 Å². The number of hydrogen-bond donors (Lipinski definition) is 3. The molecule has 5 aromatic rings. The van der Waals surface area contributed by atoms with Crippen LogP contribution in [0, 0.1) is 13.8 Å². The SMILES string of the molecule is CCN(CC)CCCNS(C)(=O)=O.Cc1ccc2[nH]c3cc4c(=O)c5cc(C)ccc5[nH]c4cc3c(=O)c2c1. The summed E-state index contributed by atoms with van der Waals surface area (Å²) in [5, 5.41) is 2.49. The van der Waals surface area contributed by atoms with Crippen molar-refractivity contribution in [2.75, 3.05) is 32.4 Å². The van der Waals surface area contributed by atoms with E-state index in [9.17, 15) is 18.0 Å². The van der Waals surface area contributed by atoms with Gasteiger partial charge in [0.2, 0.25) is 10.0 Å². The molecular weight excluding hydrogens is 512 g/mol. The van der Waals surface area contributed by atoms with Crippen LogP contribution < -0.4 is 15.6 Å². The topological polar surface area (TPSA) is 115 Å². The second-order valence-corrected chi connectivity index (χ2v) is 11.8. The van der Waals surface area contributed by atoms with Crippen LogP contribution in [0.5, 0.6) is 0 Å². The number of H-pyrrole nitrogens is 2. The Morgan fingerprint density at radius 3 is 1.56 bits per heavy atom. The third-order valence-corrected chi connectivity index (χ3v) is 7.66. The van der Waals surface area contributed by atoms with Crippen molar-refractivity contribution in [2.24, 2.45) is 0 Å². The monoisotopic (exact) mass is 548 g/mol. The number of nitrogens with zero attached hydrogens (tertiary/aromatic N) is 1. The highest BCUT2D eigenvalue weighted by Crippen LogP contribution is 2.22. The third-order valence-electron chi connectivity index (χ3n) is 6.93. The van der Waals surface area contributed by atoms with Gasteiger partial charge in [-0.1, -0.05) is 37.1 Å². The lowest BCUT2D eigenvalue weighted by atomic mass is 10.0. The lowest BCUT2D eigenvalue weighted by molar-refractivity contribution is 0.300. The van der Waals surface area contributed by atoms with Gasteiger partial charge in [-0.3, -0.25) is 9.59 Å². The maximum Gasteiger partial charge on any atom is 0.208 e. The number of aromatic amines is 2. The smallest absolute Gasteiger partial charge is 0.208 e. The molecule has 0 bridgehead atoms. The molecule has 5 rings (SSSR count). The molecule has 0 aliphatic heterocycles. The van der Waals surface area contributed by atoms with Crippen LogP contribution in [0.2, 0.25) is 0 Å². The summed E-state index contributed by atoms with van der Waals surface area (Å²) in [6.07, 6.45) is 2.05. The average molecular weight is 549 g/mol. The maximum atomic E-state index is 13.0. The van der Waals surface area contributed by atoms with E-state index in [-0.39, 0.29) is 10.9 Å². The minimum absolute atomic E-state index is 0.0239. The van der Waals surface area contributed by atoms with E-state index in [0.29, 0.717) is 39.1 Å². The zero-order chi connectivity index (χ0) is 28.3. The third kappa shape index (κ3) is 6.55. The van der Waals surface area contributed by atoms with Crippen LogP contribution >= 0.6 is 0 Å². The maximum absolute atomic E-state index is 13.0. The summed E-state index contributed by atoms with van der Waals surface area (Å²) in [7, 11) is -3.00. The predicted octanol–water partition coefficient (Wildman–Crippen LogP) is 4.56. The lowest BCUT2D eigenvalue weighted by Crippen LogP contribution is -2.29. The Bertz CT molecular complexity index is 1770. The fourth-order valence-electron chi connectivity index (χ4n) is 4.77. The molecule has 0 unspecified atom stereocenters. The molecule has 0 aliphatic rings. The first kappa shape index (κ1) is 28.5. The molecule has 3 N–H and O–H groups in total. The fourth-order valence-corrected chi connectivity index (χ4v) is 5.29. The van der Waals surface area contributed by atoms with Crippen LogP contribution in [0.15, 0.2) is 58.1 Å². The minimum atomic E-state index is -3.00. The summed E-state index contributed by atoms with van der Waals surface area (Å²) in [5.41, 5.74) is 4.94. The van der Waals surface area contributed by atoms with Gasteiger partial charge in [0.1, 0.15) is 0 Å². The Morgan fingerprint density at radius 1 is 0.718 bits per heavy atom. The Balaban J connectivity index is 0.000000233. The highest BCUT2D eigenvalue weighted by molar-refractivity contribution is 7.88. The molecule has 0 atom stereocenters. The summed E-state index contributed by atoms with van der Waals surface area (Å²) in [5.74, 6) is 0. The van der Waals surface area contributed by atoms with Crippen molar-refractivity contribution in [1.82, 2.24) is 19.6 Å². The van der Waals surface area contributed by atoms with E-state index in [1.165, 1.54) is 6.26 Å². The second-order valence-electron chi connectivity index (χ2n) is 10.00.